The Bertz CT molecular complexity index is 976. The van der Waals surface area contributed by atoms with Gasteiger partial charge in [0.15, 0.2) is 5.54 Å². The minimum absolute atomic E-state index is 0.390. The molecule has 0 aromatic heterocycles. The van der Waals surface area contributed by atoms with Crippen LogP contribution in [0.2, 0.25) is 0 Å². The van der Waals surface area contributed by atoms with Gasteiger partial charge in [-0.15, -0.1) is 0 Å². The number of ether oxygens (including phenoxy) is 2. The van der Waals surface area contributed by atoms with Crippen LogP contribution in [0.1, 0.15) is 24.5 Å². The number of anilines is 1. The average Bonchev–Trinajstić information content (AvgIpc) is 2.86. The standard InChI is InChI=1S/C27H31NO4/c1-4-28(23-16-18-24(31-2)19-17-23)27(26(30)32-3,22-13-9-6-10-14-22)25(29)20-15-21-11-7-5-8-12-21/h5-14,16-19,25,29H,4,15,20H2,1-3H3. The van der Waals surface area contributed by atoms with E-state index in [4.69, 9.17) is 9.47 Å². The number of carbonyl (C=O) groups excluding carboxylic acids is 1. The van der Waals surface area contributed by atoms with E-state index in [1.165, 1.54) is 7.11 Å². The van der Waals surface area contributed by atoms with Gasteiger partial charge in [-0.25, -0.2) is 4.79 Å². The summed E-state index contributed by atoms with van der Waals surface area (Å²) in [6.07, 6.45) is 0.00798. The first-order valence-corrected chi connectivity index (χ1v) is 10.9. The lowest BCUT2D eigenvalue weighted by Gasteiger charge is -2.46. The minimum atomic E-state index is -1.41. The third-order valence-corrected chi connectivity index (χ3v) is 5.87. The highest BCUT2D eigenvalue weighted by Crippen LogP contribution is 2.39. The van der Waals surface area contributed by atoms with Crippen LogP contribution >= 0.6 is 0 Å². The van der Waals surface area contributed by atoms with Crippen molar-refractivity contribution in [3.05, 3.63) is 96.1 Å². The van der Waals surface area contributed by atoms with Crippen molar-refractivity contribution in [2.45, 2.75) is 31.4 Å². The highest BCUT2D eigenvalue weighted by Gasteiger charge is 2.52. The molecular weight excluding hydrogens is 402 g/mol. The first-order chi connectivity index (χ1) is 15.6. The smallest absolute Gasteiger partial charge is 0.339 e. The number of aryl methyl sites for hydroxylation is 1. The van der Waals surface area contributed by atoms with Crippen molar-refractivity contribution in [2.75, 3.05) is 25.7 Å². The Labute approximate surface area is 190 Å². The number of carbonyl (C=O) groups is 1. The Morgan fingerprint density at radius 1 is 0.938 bits per heavy atom. The van der Waals surface area contributed by atoms with Gasteiger partial charge in [-0.05, 0) is 55.2 Å². The summed E-state index contributed by atoms with van der Waals surface area (Å²) >= 11 is 0. The molecule has 0 spiro atoms. The van der Waals surface area contributed by atoms with Gasteiger partial charge in [-0.2, -0.15) is 0 Å². The first-order valence-electron chi connectivity index (χ1n) is 10.9. The number of benzene rings is 3. The van der Waals surface area contributed by atoms with E-state index >= 15 is 0 Å². The summed E-state index contributed by atoms with van der Waals surface area (Å²) in [6, 6.07) is 26.8. The fraction of sp³-hybridized carbons (Fsp3) is 0.296. The van der Waals surface area contributed by atoms with E-state index in [9.17, 15) is 9.90 Å². The molecule has 0 fully saturated rings. The van der Waals surface area contributed by atoms with Crippen LogP contribution < -0.4 is 9.64 Å². The molecule has 0 amide bonds. The maximum Gasteiger partial charge on any atom is 0.339 e. The highest BCUT2D eigenvalue weighted by molar-refractivity contribution is 5.88. The molecule has 0 saturated heterocycles. The van der Waals surface area contributed by atoms with E-state index in [-0.39, 0.29) is 0 Å². The summed E-state index contributed by atoms with van der Waals surface area (Å²) in [5.74, 6) is 0.222. The van der Waals surface area contributed by atoms with Gasteiger partial charge in [0.05, 0.1) is 20.3 Å². The summed E-state index contributed by atoms with van der Waals surface area (Å²) in [5.41, 5.74) is 1.17. The highest BCUT2D eigenvalue weighted by atomic mass is 16.5. The second-order valence-corrected chi connectivity index (χ2v) is 7.61. The number of rotatable bonds is 10. The Kier molecular flexibility index (Phi) is 7.90. The molecule has 3 aromatic rings. The van der Waals surface area contributed by atoms with E-state index in [1.807, 2.05) is 96.8 Å². The van der Waals surface area contributed by atoms with E-state index < -0.39 is 17.6 Å². The molecule has 0 aliphatic rings. The van der Waals surface area contributed by atoms with Crippen LogP contribution in [0.15, 0.2) is 84.9 Å². The predicted molar refractivity (Wildman–Crippen MR) is 127 cm³/mol. The van der Waals surface area contributed by atoms with Crippen molar-refractivity contribution in [1.82, 2.24) is 0 Å². The molecular formula is C27H31NO4. The zero-order chi connectivity index (χ0) is 23.0. The van der Waals surface area contributed by atoms with Crippen LogP contribution in [0.4, 0.5) is 5.69 Å². The molecule has 5 heteroatoms. The van der Waals surface area contributed by atoms with Crippen molar-refractivity contribution in [2.24, 2.45) is 0 Å². The zero-order valence-corrected chi connectivity index (χ0v) is 18.9. The van der Waals surface area contributed by atoms with E-state index in [2.05, 4.69) is 0 Å². The molecule has 0 saturated carbocycles. The molecule has 0 bridgehead atoms. The van der Waals surface area contributed by atoms with Gasteiger partial charge in [0.2, 0.25) is 0 Å². The SMILES string of the molecule is CCN(c1ccc(OC)cc1)C(C(=O)OC)(c1ccccc1)C(O)CCc1ccccc1. The number of hydrogen-bond acceptors (Lipinski definition) is 5. The van der Waals surface area contributed by atoms with Crippen LogP contribution in [0, 0.1) is 0 Å². The molecule has 0 heterocycles. The molecule has 0 aliphatic heterocycles. The molecule has 2 unspecified atom stereocenters. The number of aliphatic hydroxyl groups excluding tert-OH is 1. The number of methoxy groups -OCH3 is 2. The first kappa shape index (κ1) is 23.4. The predicted octanol–water partition coefficient (Wildman–Crippen LogP) is 4.58. The van der Waals surface area contributed by atoms with Gasteiger partial charge >= 0.3 is 5.97 Å². The van der Waals surface area contributed by atoms with Gasteiger partial charge in [0, 0.05) is 12.2 Å². The van der Waals surface area contributed by atoms with Crippen LogP contribution in [0.5, 0.6) is 5.75 Å². The molecule has 32 heavy (non-hydrogen) atoms. The van der Waals surface area contributed by atoms with Gasteiger partial charge in [0.1, 0.15) is 5.75 Å². The monoisotopic (exact) mass is 433 g/mol. The minimum Gasteiger partial charge on any atom is -0.497 e. The Morgan fingerprint density at radius 2 is 1.53 bits per heavy atom. The van der Waals surface area contributed by atoms with Crippen molar-refractivity contribution in [3.8, 4) is 5.75 Å². The lowest BCUT2D eigenvalue weighted by Crippen LogP contribution is -2.60. The van der Waals surface area contributed by atoms with Crippen LogP contribution in [-0.4, -0.2) is 37.9 Å². The van der Waals surface area contributed by atoms with Crippen molar-refractivity contribution in [3.63, 3.8) is 0 Å². The summed E-state index contributed by atoms with van der Waals surface area (Å²) in [5, 5.41) is 11.7. The lowest BCUT2D eigenvalue weighted by atomic mass is 9.79. The van der Waals surface area contributed by atoms with Gasteiger partial charge in [0.25, 0.3) is 0 Å². The molecule has 3 rings (SSSR count). The lowest BCUT2D eigenvalue weighted by molar-refractivity contribution is -0.153. The Morgan fingerprint density at radius 3 is 2.06 bits per heavy atom. The van der Waals surface area contributed by atoms with Gasteiger partial charge in [-0.1, -0.05) is 60.7 Å². The third-order valence-electron chi connectivity index (χ3n) is 5.87. The molecule has 0 aliphatic carbocycles. The molecule has 0 radical (unpaired) electrons. The number of nitrogens with zero attached hydrogens (tertiary/aromatic N) is 1. The normalized spacial score (nSPS) is 13.6. The molecule has 1 N–H and O–H groups in total. The van der Waals surface area contributed by atoms with Crippen LogP contribution in [0.3, 0.4) is 0 Å². The van der Waals surface area contributed by atoms with Crippen LogP contribution in [-0.2, 0) is 21.5 Å². The quantitative estimate of drug-likeness (QED) is 0.474. The number of aliphatic hydroxyl groups is 1. The maximum absolute atomic E-state index is 13.5. The summed E-state index contributed by atoms with van der Waals surface area (Å²) in [7, 11) is 2.98. The largest absolute Gasteiger partial charge is 0.497 e. The number of esters is 1. The second kappa shape index (κ2) is 10.8. The van der Waals surface area contributed by atoms with Gasteiger partial charge < -0.3 is 19.5 Å². The average molecular weight is 434 g/mol. The third kappa shape index (κ3) is 4.63. The van der Waals surface area contributed by atoms with E-state index in [1.54, 1.807) is 7.11 Å². The van der Waals surface area contributed by atoms with Crippen molar-refractivity contribution < 1.29 is 19.4 Å². The molecule has 5 nitrogen and oxygen atoms in total. The topological polar surface area (TPSA) is 59.0 Å². The van der Waals surface area contributed by atoms with Gasteiger partial charge in [-0.3, -0.25) is 0 Å². The fourth-order valence-corrected chi connectivity index (χ4v) is 4.29. The summed E-state index contributed by atoms with van der Waals surface area (Å²) in [4.78, 5) is 15.5. The second-order valence-electron chi connectivity index (χ2n) is 7.61. The van der Waals surface area contributed by atoms with Crippen molar-refractivity contribution in [1.29, 1.82) is 0 Å². The number of likely N-dealkylation sites (N-methyl/N-ethyl adjacent to an activating group) is 1. The van der Waals surface area contributed by atoms with E-state index in [0.29, 0.717) is 24.9 Å². The fourth-order valence-electron chi connectivity index (χ4n) is 4.29. The number of hydrogen-bond donors (Lipinski definition) is 1. The molecule has 168 valence electrons. The molecule has 3 aromatic carbocycles. The molecule has 2 atom stereocenters. The zero-order valence-electron chi connectivity index (χ0n) is 18.9. The summed E-state index contributed by atoms with van der Waals surface area (Å²) < 4.78 is 10.6. The van der Waals surface area contributed by atoms with Crippen LogP contribution in [0.25, 0.3) is 0 Å². The maximum atomic E-state index is 13.5. The Balaban J connectivity index is 2.11. The van der Waals surface area contributed by atoms with Crippen molar-refractivity contribution >= 4 is 11.7 Å². The Hall–Kier alpha value is -3.31. The van der Waals surface area contributed by atoms with E-state index in [0.717, 1.165) is 17.0 Å². The summed E-state index contributed by atoms with van der Waals surface area (Å²) in [6.45, 7) is 2.45.